The summed E-state index contributed by atoms with van der Waals surface area (Å²) in [6.45, 7) is 5.83. The van der Waals surface area contributed by atoms with Crippen LogP contribution in [0.15, 0.2) is 28.0 Å². The minimum Gasteiger partial charge on any atom is -0.258 e. The zero-order valence-electron chi connectivity index (χ0n) is 16.2. The van der Waals surface area contributed by atoms with Crippen LogP contribution >= 0.6 is 0 Å². The predicted molar refractivity (Wildman–Crippen MR) is 102 cm³/mol. The third kappa shape index (κ3) is 6.23. The quantitative estimate of drug-likeness (QED) is 0.456. The van der Waals surface area contributed by atoms with Crippen LogP contribution in [0.5, 0.6) is 0 Å². The highest BCUT2D eigenvalue weighted by Gasteiger charge is 2.30. The van der Waals surface area contributed by atoms with Crippen LogP contribution in [0.1, 0.15) is 40.0 Å². The smallest absolute Gasteiger partial charge is 0.258 e. The molecular formula is C16H27N3O6S2. The molecule has 0 spiro atoms. The summed E-state index contributed by atoms with van der Waals surface area (Å²) in [5.41, 5.74) is -0.778. The van der Waals surface area contributed by atoms with Gasteiger partial charge < -0.3 is 0 Å². The summed E-state index contributed by atoms with van der Waals surface area (Å²) < 4.78 is 52.8. The Labute approximate surface area is 161 Å². The summed E-state index contributed by atoms with van der Waals surface area (Å²) in [5.74, 6) is 0.501. The molecule has 11 heteroatoms. The third-order valence-corrected chi connectivity index (χ3v) is 7.42. The zero-order chi connectivity index (χ0) is 21.0. The molecular weight excluding hydrogens is 394 g/mol. The second-order valence-electron chi connectivity index (χ2n) is 7.02. The van der Waals surface area contributed by atoms with Crippen molar-refractivity contribution < 1.29 is 21.8 Å². The third-order valence-electron chi connectivity index (χ3n) is 3.97. The summed E-state index contributed by atoms with van der Waals surface area (Å²) in [7, 11) is -5.53. The topological polar surface area (TPSA) is 127 Å². The van der Waals surface area contributed by atoms with Crippen LogP contribution in [0.2, 0.25) is 0 Å². The van der Waals surface area contributed by atoms with Gasteiger partial charge in [-0.15, -0.1) is 0 Å². The molecule has 0 aromatic heterocycles. The van der Waals surface area contributed by atoms with Crippen LogP contribution in [-0.2, 0) is 20.0 Å². The van der Waals surface area contributed by atoms with Gasteiger partial charge in [-0.2, -0.15) is 0 Å². The van der Waals surface area contributed by atoms with Crippen molar-refractivity contribution in [2.24, 2.45) is 5.92 Å². The number of nitro benzene ring substituents is 1. The first-order valence-corrected chi connectivity index (χ1v) is 11.4. The van der Waals surface area contributed by atoms with Gasteiger partial charge in [0.05, 0.1) is 9.82 Å². The van der Waals surface area contributed by atoms with Crippen LogP contribution in [-0.4, -0.2) is 46.2 Å². The van der Waals surface area contributed by atoms with E-state index >= 15 is 0 Å². The van der Waals surface area contributed by atoms with E-state index in [9.17, 15) is 26.9 Å². The SMILES string of the molecule is CC(C)CCC[C@@H](C)NS(=O)(=O)c1ccc(S(=O)(=O)N(C)C)cc1[N+](=O)[O-]. The van der Waals surface area contributed by atoms with Crippen LogP contribution in [0.3, 0.4) is 0 Å². The van der Waals surface area contributed by atoms with Crippen molar-refractivity contribution in [3.63, 3.8) is 0 Å². The number of sulfonamides is 2. The Hall–Kier alpha value is -1.56. The molecule has 0 aliphatic heterocycles. The minimum absolute atomic E-state index is 0.344. The van der Waals surface area contributed by atoms with Gasteiger partial charge in [0, 0.05) is 26.2 Å². The Balaban J connectivity index is 3.19. The highest BCUT2D eigenvalue weighted by molar-refractivity contribution is 7.90. The van der Waals surface area contributed by atoms with E-state index in [1.54, 1.807) is 6.92 Å². The normalized spacial score (nSPS) is 13.9. The lowest BCUT2D eigenvalue weighted by atomic mass is 10.0. The fraction of sp³-hybridized carbons (Fsp3) is 0.625. The molecule has 0 heterocycles. The Morgan fingerprint density at radius 1 is 1.11 bits per heavy atom. The number of rotatable bonds is 10. The van der Waals surface area contributed by atoms with E-state index in [1.807, 2.05) is 0 Å². The summed E-state index contributed by atoms with van der Waals surface area (Å²) >= 11 is 0. The lowest BCUT2D eigenvalue weighted by Gasteiger charge is -2.16. The minimum atomic E-state index is -4.17. The lowest BCUT2D eigenvalue weighted by Crippen LogP contribution is -2.33. The molecule has 1 N–H and O–H groups in total. The highest BCUT2D eigenvalue weighted by atomic mass is 32.2. The van der Waals surface area contributed by atoms with Crippen molar-refractivity contribution in [1.82, 2.24) is 9.03 Å². The molecule has 0 fully saturated rings. The maximum Gasteiger partial charge on any atom is 0.290 e. The van der Waals surface area contributed by atoms with E-state index < -0.39 is 41.6 Å². The van der Waals surface area contributed by atoms with Crippen molar-refractivity contribution in [1.29, 1.82) is 0 Å². The largest absolute Gasteiger partial charge is 0.290 e. The first-order chi connectivity index (χ1) is 12.3. The van der Waals surface area contributed by atoms with Crippen molar-refractivity contribution in [2.45, 2.75) is 55.9 Å². The van der Waals surface area contributed by atoms with E-state index in [0.717, 1.165) is 35.3 Å². The monoisotopic (exact) mass is 421 g/mol. The van der Waals surface area contributed by atoms with Gasteiger partial charge in [0.2, 0.25) is 20.0 Å². The van der Waals surface area contributed by atoms with E-state index in [-0.39, 0.29) is 4.90 Å². The zero-order valence-corrected chi connectivity index (χ0v) is 17.8. The number of nitro groups is 1. The first kappa shape index (κ1) is 23.5. The van der Waals surface area contributed by atoms with Crippen LogP contribution < -0.4 is 4.72 Å². The number of hydrogen-bond donors (Lipinski definition) is 1. The molecule has 0 amide bonds. The fourth-order valence-electron chi connectivity index (χ4n) is 2.46. The Morgan fingerprint density at radius 3 is 2.19 bits per heavy atom. The average Bonchev–Trinajstić information content (AvgIpc) is 2.53. The molecule has 0 aliphatic carbocycles. The van der Waals surface area contributed by atoms with Gasteiger partial charge in [0.25, 0.3) is 5.69 Å². The molecule has 0 aliphatic rings. The van der Waals surface area contributed by atoms with Gasteiger partial charge in [-0.25, -0.2) is 25.9 Å². The number of nitrogens with zero attached hydrogens (tertiary/aromatic N) is 2. The number of nitrogens with one attached hydrogen (secondary N) is 1. The lowest BCUT2D eigenvalue weighted by molar-refractivity contribution is -0.388. The van der Waals surface area contributed by atoms with Crippen molar-refractivity contribution >= 4 is 25.7 Å². The van der Waals surface area contributed by atoms with Gasteiger partial charge in [-0.05, 0) is 31.4 Å². The van der Waals surface area contributed by atoms with Gasteiger partial charge in [0.15, 0.2) is 4.90 Å². The van der Waals surface area contributed by atoms with Crippen LogP contribution in [0.4, 0.5) is 5.69 Å². The van der Waals surface area contributed by atoms with Crippen LogP contribution in [0, 0.1) is 16.0 Å². The van der Waals surface area contributed by atoms with Crippen molar-refractivity contribution in [3.05, 3.63) is 28.3 Å². The molecule has 9 nitrogen and oxygen atoms in total. The van der Waals surface area contributed by atoms with Crippen molar-refractivity contribution in [2.75, 3.05) is 14.1 Å². The second-order valence-corrected chi connectivity index (χ2v) is 10.9. The molecule has 154 valence electrons. The van der Waals surface area contributed by atoms with Crippen LogP contribution in [0.25, 0.3) is 0 Å². The molecule has 0 saturated heterocycles. The Kier molecular flexibility index (Phi) is 7.90. The van der Waals surface area contributed by atoms with Gasteiger partial charge in [0.1, 0.15) is 0 Å². The van der Waals surface area contributed by atoms with Crippen molar-refractivity contribution in [3.8, 4) is 0 Å². The summed E-state index contributed by atoms with van der Waals surface area (Å²) in [4.78, 5) is 9.56. The maximum atomic E-state index is 12.6. The van der Waals surface area contributed by atoms with E-state index in [0.29, 0.717) is 12.3 Å². The average molecular weight is 422 g/mol. The molecule has 1 aromatic carbocycles. The molecule has 0 radical (unpaired) electrons. The molecule has 1 atom stereocenters. The van der Waals surface area contributed by atoms with Gasteiger partial charge in [-0.3, -0.25) is 10.1 Å². The molecule has 27 heavy (non-hydrogen) atoms. The molecule has 0 saturated carbocycles. The highest BCUT2D eigenvalue weighted by Crippen LogP contribution is 2.28. The maximum absolute atomic E-state index is 12.6. The predicted octanol–water partition coefficient (Wildman–Crippen LogP) is 2.34. The van der Waals surface area contributed by atoms with Gasteiger partial charge >= 0.3 is 0 Å². The fourth-order valence-corrected chi connectivity index (χ4v) is 4.81. The number of benzene rings is 1. The van der Waals surface area contributed by atoms with E-state index in [2.05, 4.69) is 18.6 Å². The summed E-state index contributed by atoms with van der Waals surface area (Å²) in [6.07, 6.45) is 2.37. The Bertz CT molecular complexity index is 879. The molecule has 0 unspecified atom stereocenters. The van der Waals surface area contributed by atoms with Gasteiger partial charge in [-0.1, -0.05) is 26.7 Å². The van der Waals surface area contributed by atoms with E-state index in [4.69, 9.17) is 0 Å². The standard InChI is InChI=1S/C16H27N3O6S2/c1-12(2)7-6-8-13(3)17-26(22,23)16-10-9-14(11-15(16)19(20)21)27(24,25)18(4)5/h9-13,17H,6-8H2,1-5H3/t13-/m1/s1. The molecule has 1 aromatic rings. The second kappa shape index (κ2) is 9.09. The molecule has 0 bridgehead atoms. The summed E-state index contributed by atoms with van der Waals surface area (Å²) in [5, 5.41) is 11.4. The van der Waals surface area contributed by atoms with E-state index in [1.165, 1.54) is 14.1 Å². The Morgan fingerprint density at radius 2 is 1.70 bits per heavy atom. The molecule has 1 rings (SSSR count). The summed E-state index contributed by atoms with van der Waals surface area (Å²) in [6, 6.07) is 2.38. The first-order valence-electron chi connectivity index (χ1n) is 8.52. The number of hydrogen-bond acceptors (Lipinski definition) is 6.